The van der Waals surface area contributed by atoms with Crippen LogP contribution < -0.4 is 5.32 Å². The third kappa shape index (κ3) is 5.12. The third-order valence-corrected chi connectivity index (χ3v) is 4.83. The minimum Gasteiger partial charge on any atom is -0.374 e. The first kappa shape index (κ1) is 17.1. The average molecular weight is 345 g/mol. The lowest BCUT2D eigenvalue weighted by Gasteiger charge is -2.33. The summed E-state index contributed by atoms with van der Waals surface area (Å²) in [4.78, 5) is 18.7. The topological polar surface area (TPSA) is 54.5 Å². The van der Waals surface area contributed by atoms with Crippen molar-refractivity contribution in [3.8, 4) is 0 Å². The van der Waals surface area contributed by atoms with E-state index in [2.05, 4.69) is 39.5 Å². The molecule has 0 aliphatic carbocycles. The number of nitrogens with zero attached hydrogens (tertiary/aromatic N) is 2. The SMILES string of the molecule is Cc1nc(CC(=O)NCC2CN(Cc3ccccc3)CCO2)cs1. The van der Waals surface area contributed by atoms with E-state index in [0.29, 0.717) is 19.6 Å². The number of thiazole rings is 1. The monoisotopic (exact) mass is 345 g/mol. The summed E-state index contributed by atoms with van der Waals surface area (Å²) in [5.41, 5.74) is 2.14. The van der Waals surface area contributed by atoms with E-state index < -0.39 is 0 Å². The number of carbonyl (C=O) groups excluding carboxylic acids is 1. The zero-order valence-corrected chi connectivity index (χ0v) is 14.7. The van der Waals surface area contributed by atoms with Crippen molar-refractivity contribution in [2.75, 3.05) is 26.2 Å². The Bertz CT molecular complexity index is 659. The molecule has 0 radical (unpaired) electrons. The Morgan fingerprint density at radius 2 is 2.25 bits per heavy atom. The highest BCUT2D eigenvalue weighted by Crippen LogP contribution is 2.11. The van der Waals surface area contributed by atoms with E-state index >= 15 is 0 Å². The molecule has 5 nitrogen and oxygen atoms in total. The summed E-state index contributed by atoms with van der Waals surface area (Å²) >= 11 is 1.57. The molecule has 3 rings (SSSR count). The maximum absolute atomic E-state index is 12.0. The molecule has 1 aromatic carbocycles. The summed E-state index contributed by atoms with van der Waals surface area (Å²) < 4.78 is 5.78. The minimum absolute atomic E-state index is 0.00378. The highest BCUT2D eigenvalue weighted by atomic mass is 32.1. The van der Waals surface area contributed by atoms with Gasteiger partial charge in [0.15, 0.2) is 0 Å². The molecule has 128 valence electrons. The van der Waals surface area contributed by atoms with Gasteiger partial charge in [0.1, 0.15) is 0 Å². The van der Waals surface area contributed by atoms with Crippen molar-refractivity contribution in [3.63, 3.8) is 0 Å². The lowest BCUT2D eigenvalue weighted by Crippen LogP contribution is -2.47. The maximum atomic E-state index is 12.0. The molecular weight excluding hydrogens is 322 g/mol. The van der Waals surface area contributed by atoms with Crippen LogP contribution in [0.4, 0.5) is 0 Å². The van der Waals surface area contributed by atoms with Gasteiger partial charge in [-0.3, -0.25) is 9.69 Å². The smallest absolute Gasteiger partial charge is 0.226 e. The first-order valence-electron chi connectivity index (χ1n) is 8.24. The van der Waals surface area contributed by atoms with Crippen LogP contribution in [0.5, 0.6) is 0 Å². The van der Waals surface area contributed by atoms with Crippen molar-refractivity contribution < 1.29 is 9.53 Å². The van der Waals surface area contributed by atoms with Crippen molar-refractivity contribution in [1.82, 2.24) is 15.2 Å². The fourth-order valence-electron chi connectivity index (χ4n) is 2.83. The summed E-state index contributed by atoms with van der Waals surface area (Å²) in [5, 5.41) is 5.90. The number of benzene rings is 1. The van der Waals surface area contributed by atoms with Gasteiger partial charge in [-0.05, 0) is 12.5 Å². The highest BCUT2D eigenvalue weighted by molar-refractivity contribution is 7.09. The first-order chi connectivity index (χ1) is 11.7. The number of ether oxygens (including phenoxy) is 1. The summed E-state index contributed by atoms with van der Waals surface area (Å²) in [6.07, 6.45) is 0.383. The quantitative estimate of drug-likeness (QED) is 0.870. The van der Waals surface area contributed by atoms with Crippen molar-refractivity contribution >= 4 is 17.2 Å². The first-order valence-corrected chi connectivity index (χ1v) is 9.12. The van der Waals surface area contributed by atoms with Crippen LogP contribution in [0.1, 0.15) is 16.3 Å². The van der Waals surface area contributed by atoms with Gasteiger partial charge < -0.3 is 10.1 Å². The van der Waals surface area contributed by atoms with E-state index in [1.54, 1.807) is 11.3 Å². The molecule has 1 atom stereocenters. The predicted molar refractivity (Wildman–Crippen MR) is 95.0 cm³/mol. The van der Waals surface area contributed by atoms with Crippen LogP contribution in [0.2, 0.25) is 0 Å². The Morgan fingerprint density at radius 1 is 1.42 bits per heavy atom. The number of carbonyl (C=O) groups is 1. The second-order valence-electron chi connectivity index (χ2n) is 6.05. The predicted octanol–water partition coefficient (Wildman–Crippen LogP) is 2.01. The van der Waals surface area contributed by atoms with Crippen LogP contribution in [-0.2, 0) is 22.5 Å². The second kappa shape index (κ2) is 8.37. The Hall–Kier alpha value is -1.76. The Morgan fingerprint density at radius 3 is 3.00 bits per heavy atom. The van der Waals surface area contributed by atoms with E-state index in [0.717, 1.165) is 30.3 Å². The number of amides is 1. The van der Waals surface area contributed by atoms with Gasteiger partial charge in [0.25, 0.3) is 0 Å². The fourth-order valence-corrected chi connectivity index (χ4v) is 3.45. The molecule has 1 aliphatic heterocycles. The van der Waals surface area contributed by atoms with Crippen LogP contribution in [0.25, 0.3) is 0 Å². The van der Waals surface area contributed by atoms with Crippen molar-refractivity contribution in [1.29, 1.82) is 0 Å². The standard InChI is InChI=1S/C18H23N3O2S/c1-14-20-16(13-24-14)9-18(22)19-10-17-12-21(7-8-23-17)11-15-5-3-2-4-6-15/h2-6,13,17H,7-12H2,1H3,(H,19,22). The van der Waals surface area contributed by atoms with Gasteiger partial charge in [-0.1, -0.05) is 30.3 Å². The zero-order valence-electron chi connectivity index (χ0n) is 13.9. The van der Waals surface area contributed by atoms with E-state index in [-0.39, 0.29) is 12.0 Å². The Kier molecular flexibility index (Phi) is 5.96. The summed E-state index contributed by atoms with van der Waals surface area (Å²) in [6.45, 7) is 5.89. The Labute approximate surface area is 146 Å². The maximum Gasteiger partial charge on any atom is 0.226 e. The number of hydrogen-bond acceptors (Lipinski definition) is 5. The van der Waals surface area contributed by atoms with E-state index in [1.807, 2.05) is 18.4 Å². The lowest BCUT2D eigenvalue weighted by molar-refractivity contribution is -0.121. The second-order valence-corrected chi connectivity index (χ2v) is 7.11. The van der Waals surface area contributed by atoms with Crippen LogP contribution >= 0.6 is 11.3 Å². The molecule has 1 aromatic heterocycles. The number of rotatable bonds is 6. The van der Waals surface area contributed by atoms with Crippen molar-refractivity contribution in [3.05, 3.63) is 52.0 Å². The largest absolute Gasteiger partial charge is 0.374 e. The van der Waals surface area contributed by atoms with Gasteiger partial charge in [-0.2, -0.15) is 0 Å². The van der Waals surface area contributed by atoms with E-state index in [1.165, 1.54) is 5.56 Å². The molecule has 24 heavy (non-hydrogen) atoms. The van der Waals surface area contributed by atoms with Gasteiger partial charge >= 0.3 is 0 Å². The minimum atomic E-state index is 0.00378. The molecule has 2 aromatic rings. The summed E-state index contributed by atoms with van der Waals surface area (Å²) in [7, 11) is 0. The van der Waals surface area contributed by atoms with Crippen molar-refractivity contribution in [2.45, 2.75) is 26.0 Å². The highest BCUT2D eigenvalue weighted by Gasteiger charge is 2.21. The van der Waals surface area contributed by atoms with Gasteiger partial charge in [-0.15, -0.1) is 11.3 Å². The van der Waals surface area contributed by atoms with Crippen molar-refractivity contribution in [2.24, 2.45) is 0 Å². The zero-order chi connectivity index (χ0) is 16.8. The molecule has 0 spiro atoms. The molecule has 1 N–H and O–H groups in total. The number of aromatic nitrogens is 1. The van der Waals surface area contributed by atoms with Crippen LogP contribution in [0.15, 0.2) is 35.7 Å². The molecule has 1 unspecified atom stereocenters. The van der Waals surface area contributed by atoms with Crippen LogP contribution in [0.3, 0.4) is 0 Å². The molecule has 0 bridgehead atoms. The molecule has 1 amide bonds. The lowest BCUT2D eigenvalue weighted by atomic mass is 10.2. The molecule has 1 fully saturated rings. The number of morpholine rings is 1. The third-order valence-electron chi connectivity index (χ3n) is 4.01. The molecule has 1 aliphatic rings. The number of nitrogens with one attached hydrogen (secondary N) is 1. The van der Waals surface area contributed by atoms with Crippen LogP contribution in [-0.4, -0.2) is 48.1 Å². The molecule has 2 heterocycles. The number of hydrogen-bond donors (Lipinski definition) is 1. The Balaban J connectivity index is 1.42. The van der Waals surface area contributed by atoms with E-state index in [4.69, 9.17) is 4.74 Å². The fraction of sp³-hybridized carbons (Fsp3) is 0.444. The van der Waals surface area contributed by atoms with Gasteiger partial charge in [0.2, 0.25) is 5.91 Å². The van der Waals surface area contributed by atoms with Gasteiger partial charge in [-0.25, -0.2) is 4.98 Å². The molecule has 0 saturated carbocycles. The average Bonchev–Trinajstić information content (AvgIpc) is 2.99. The normalized spacial score (nSPS) is 18.5. The van der Waals surface area contributed by atoms with Gasteiger partial charge in [0.05, 0.1) is 29.8 Å². The van der Waals surface area contributed by atoms with E-state index in [9.17, 15) is 4.79 Å². The summed E-state index contributed by atoms with van der Waals surface area (Å²) in [6, 6.07) is 10.4. The molecule has 6 heteroatoms. The van der Waals surface area contributed by atoms with Crippen LogP contribution in [0, 0.1) is 6.92 Å². The van der Waals surface area contributed by atoms with Gasteiger partial charge in [0, 0.05) is 31.6 Å². The molecular formula is C18H23N3O2S. The molecule has 1 saturated heterocycles. The number of aryl methyl sites for hydroxylation is 1. The summed E-state index contributed by atoms with van der Waals surface area (Å²) in [5.74, 6) is 0.00378.